The van der Waals surface area contributed by atoms with Crippen molar-refractivity contribution >= 4 is 26.8 Å². The van der Waals surface area contributed by atoms with Crippen molar-refractivity contribution in [2.75, 3.05) is 0 Å². The lowest BCUT2D eigenvalue weighted by Crippen LogP contribution is -2.05. The Morgan fingerprint density at radius 1 is 1.86 bits per heavy atom. The molecule has 0 aromatic rings. The number of isocyanates is 1. The van der Waals surface area contributed by atoms with Crippen LogP contribution in [-0.2, 0) is 4.79 Å². The van der Waals surface area contributed by atoms with Gasteiger partial charge in [-0.05, 0) is 0 Å². The number of hydrazone groups is 1. The van der Waals surface area contributed by atoms with Crippen LogP contribution in [0.15, 0.2) is 5.10 Å². The van der Waals surface area contributed by atoms with Gasteiger partial charge in [-0.25, -0.2) is 10.2 Å². The summed E-state index contributed by atoms with van der Waals surface area (Å²) in [5.41, 5.74) is 1.77. The van der Waals surface area contributed by atoms with E-state index < -0.39 is 4.82 Å². The minimum atomic E-state index is -0.559. The normalized spacial score (nSPS) is 6.43. The maximum absolute atomic E-state index is 9.74. The van der Waals surface area contributed by atoms with Crippen LogP contribution in [0.2, 0.25) is 0 Å². The first kappa shape index (κ1) is 6.33. The van der Waals surface area contributed by atoms with Crippen molar-refractivity contribution in [2.24, 2.45) is 5.10 Å². The molecule has 0 saturated carbocycles. The number of nitrogens with zero attached hydrogens (tertiary/aromatic N) is 1. The molecule has 0 heterocycles. The molecule has 0 aromatic carbocycles. The molecule has 7 heavy (non-hydrogen) atoms. The van der Waals surface area contributed by atoms with Crippen LogP contribution < -0.4 is 5.43 Å². The molecule has 0 saturated heterocycles. The maximum Gasteiger partial charge on any atom is 0.307 e. The fourth-order valence-corrected chi connectivity index (χ4v) is 0.155. The van der Waals surface area contributed by atoms with Gasteiger partial charge in [-0.2, -0.15) is 0 Å². The molecule has 0 fully saturated rings. The number of amides is 1. The van der Waals surface area contributed by atoms with Crippen LogP contribution in [0.5, 0.6) is 0 Å². The van der Waals surface area contributed by atoms with Crippen LogP contribution >= 0.6 is 15.9 Å². The minimum Gasteiger partial charge on any atom is -0.259 e. The van der Waals surface area contributed by atoms with Crippen molar-refractivity contribution < 1.29 is 9.59 Å². The number of hydrogen-bond acceptors (Lipinski definition) is 3. The van der Waals surface area contributed by atoms with Gasteiger partial charge in [0.1, 0.15) is 0 Å². The summed E-state index contributed by atoms with van der Waals surface area (Å²) in [5, 5.41) is 2.72. The van der Waals surface area contributed by atoms with Gasteiger partial charge in [-0.3, -0.25) is 4.79 Å². The molecule has 0 aliphatic carbocycles. The molecule has 0 rings (SSSR count). The highest BCUT2D eigenvalue weighted by Gasteiger charge is 1.82. The van der Waals surface area contributed by atoms with Gasteiger partial charge in [-0.1, -0.05) is 5.10 Å². The Hall–Kier alpha value is -0.670. The first-order valence-corrected chi connectivity index (χ1v) is 2.09. The van der Waals surface area contributed by atoms with Crippen molar-refractivity contribution in [1.82, 2.24) is 5.43 Å². The third-order valence-electron chi connectivity index (χ3n) is 0.189. The summed E-state index contributed by atoms with van der Waals surface area (Å²) in [5.74, 6) is 0. The molecular weight excluding hydrogens is 164 g/mol. The van der Waals surface area contributed by atoms with Crippen LogP contribution in [0.1, 0.15) is 0 Å². The molecule has 0 aliphatic heterocycles. The highest BCUT2D eigenvalue weighted by Crippen LogP contribution is 1.77. The lowest BCUT2D eigenvalue weighted by atomic mass is 11.4. The molecule has 0 radical (unpaired) electrons. The molecule has 0 unspecified atom stereocenters. The fourth-order valence-electron chi connectivity index (χ4n) is 0.0668. The standard InChI is InChI=1S/C2HBrN2O2/c3-2(7)5-4-1-6/h(H,5,7). The minimum absolute atomic E-state index is 0.559. The van der Waals surface area contributed by atoms with Crippen LogP contribution in [0.25, 0.3) is 0 Å². The highest BCUT2D eigenvalue weighted by molar-refractivity contribution is 9.18. The third-order valence-corrected chi connectivity index (χ3v) is 0.367. The summed E-state index contributed by atoms with van der Waals surface area (Å²) < 4.78 is 0. The summed E-state index contributed by atoms with van der Waals surface area (Å²) in [6.45, 7) is 0. The van der Waals surface area contributed by atoms with E-state index in [9.17, 15) is 9.59 Å². The smallest absolute Gasteiger partial charge is 0.259 e. The van der Waals surface area contributed by atoms with E-state index in [0.29, 0.717) is 0 Å². The van der Waals surface area contributed by atoms with Gasteiger partial charge in [0, 0.05) is 15.9 Å². The fraction of sp³-hybridized carbons (Fsp3) is 0. The van der Waals surface area contributed by atoms with E-state index >= 15 is 0 Å². The summed E-state index contributed by atoms with van der Waals surface area (Å²) >= 11 is 2.45. The van der Waals surface area contributed by atoms with E-state index in [4.69, 9.17) is 0 Å². The zero-order valence-electron chi connectivity index (χ0n) is 3.14. The Morgan fingerprint density at radius 2 is 2.43 bits per heavy atom. The lowest BCUT2D eigenvalue weighted by Gasteiger charge is -1.78. The first-order valence-electron chi connectivity index (χ1n) is 1.29. The Labute approximate surface area is 47.7 Å². The first-order chi connectivity index (χ1) is 3.27. The topological polar surface area (TPSA) is 58.5 Å². The molecule has 1 amide bonds. The van der Waals surface area contributed by atoms with E-state index in [1.54, 1.807) is 5.43 Å². The number of nitrogens with one attached hydrogen (secondary N) is 1. The van der Waals surface area contributed by atoms with Crippen LogP contribution in [0.4, 0.5) is 4.79 Å². The second-order valence-electron chi connectivity index (χ2n) is 0.589. The Morgan fingerprint density at radius 3 is 2.57 bits per heavy atom. The maximum atomic E-state index is 9.74. The van der Waals surface area contributed by atoms with Crippen LogP contribution in [0.3, 0.4) is 0 Å². The predicted octanol–water partition coefficient (Wildman–Crippen LogP) is 0.342. The molecule has 0 bridgehead atoms. The summed E-state index contributed by atoms with van der Waals surface area (Å²) in [6.07, 6.45) is 1.11. The molecule has 0 aromatic heterocycles. The van der Waals surface area contributed by atoms with Gasteiger partial charge in [0.15, 0.2) is 0 Å². The summed E-state index contributed by atoms with van der Waals surface area (Å²) in [7, 11) is 0. The van der Waals surface area contributed by atoms with E-state index in [2.05, 4.69) is 21.0 Å². The van der Waals surface area contributed by atoms with Crippen molar-refractivity contribution in [1.29, 1.82) is 0 Å². The quantitative estimate of drug-likeness (QED) is 0.200. The second kappa shape index (κ2) is 3.52. The summed E-state index contributed by atoms with van der Waals surface area (Å²) in [6, 6.07) is 0. The van der Waals surface area contributed by atoms with Gasteiger partial charge in [-0.15, -0.1) is 0 Å². The zero-order valence-corrected chi connectivity index (χ0v) is 4.73. The van der Waals surface area contributed by atoms with E-state index in [1.807, 2.05) is 0 Å². The van der Waals surface area contributed by atoms with Crippen LogP contribution in [0, 0.1) is 0 Å². The number of carbonyl (C=O) groups is 1. The number of halogens is 1. The average Bonchev–Trinajstić information content (AvgIpc) is 1.61. The third kappa shape index (κ3) is 5.33. The molecule has 0 atom stereocenters. The average molecular weight is 165 g/mol. The molecule has 0 spiro atoms. The van der Waals surface area contributed by atoms with Gasteiger partial charge < -0.3 is 0 Å². The SMILES string of the molecule is O=C=NNC(=O)Br. The van der Waals surface area contributed by atoms with E-state index in [1.165, 1.54) is 0 Å². The highest BCUT2D eigenvalue weighted by atomic mass is 79.9. The number of carbonyl (C=O) groups excluding carboxylic acids is 2. The predicted molar refractivity (Wildman–Crippen MR) is 25.6 cm³/mol. The van der Waals surface area contributed by atoms with E-state index in [-0.39, 0.29) is 0 Å². The van der Waals surface area contributed by atoms with Crippen molar-refractivity contribution in [3.05, 3.63) is 0 Å². The number of hydrogen-bond donors (Lipinski definition) is 1. The van der Waals surface area contributed by atoms with Gasteiger partial charge in [0.25, 0.3) is 6.08 Å². The monoisotopic (exact) mass is 164 g/mol. The van der Waals surface area contributed by atoms with Gasteiger partial charge >= 0.3 is 4.82 Å². The number of rotatable bonds is 1. The van der Waals surface area contributed by atoms with Gasteiger partial charge in [0.05, 0.1) is 0 Å². The largest absolute Gasteiger partial charge is 0.307 e. The molecule has 38 valence electrons. The molecule has 1 N–H and O–H groups in total. The lowest BCUT2D eigenvalue weighted by molar-refractivity contribution is 0.262. The van der Waals surface area contributed by atoms with Crippen molar-refractivity contribution in [2.45, 2.75) is 0 Å². The molecule has 5 heteroatoms. The second-order valence-corrected chi connectivity index (χ2v) is 1.31. The van der Waals surface area contributed by atoms with Crippen LogP contribution in [-0.4, -0.2) is 10.9 Å². The summed E-state index contributed by atoms with van der Waals surface area (Å²) in [4.78, 5) is 18.4. The Bertz CT molecular complexity index is 117. The zero-order chi connectivity index (χ0) is 5.70. The van der Waals surface area contributed by atoms with Gasteiger partial charge in [0.2, 0.25) is 0 Å². The van der Waals surface area contributed by atoms with Crippen molar-refractivity contribution in [3.63, 3.8) is 0 Å². The molecular formula is C2HBrN2O2. The molecule has 0 aliphatic rings. The Kier molecular flexibility index (Phi) is 3.18. The van der Waals surface area contributed by atoms with E-state index in [0.717, 1.165) is 6.08 Å². The van der Waals surface area contributed by atoms with Crippen molar-refractivity contribution in [3.8, 4) is 0 Å². The Balaban J connectivity index is 3.32. The molecule has 4 nitrogen and oxygen atoms in total.